The molecule has 3 heteroatoms. The van der Waals surface area contributed by atoms with Crippen molar-refractivity contribution in [3.63, 3.8) is 0 Å². The van der Waals surface area contributed by atoms with Crippen LogP contribution in [0.2, 0.25) is 0 Å². The average molecular weight is 357 g/mol. The third-order valence-electron chi connectivity index (χ3n) is 4.31. The van der Waals surface area contributed by atoms with Crippen LogP contribution in [0.3, 0.4) is 0 Å². The Kier molecular flexibility index (Phi) is 6.55. The van der Waals surface area contributed by atoms with Gasteiger partial charge in [-0.1, -0.05) is 84.9 Å². The molecule has 0 radical (unpaired) electrons. The van der Waals surface area contributed by atoms with Gasteiger partial charge in [-0.3, -0.25) is 0 Å². The first-order valence-electron chi connectivity index (χ1n) is 9.01. The molecule has 0 aliphatic carbocycles. The van der Waals surface area contributed by atoms with Crippen molar-refractivity contribution < 1.29 is 9.63 Å². The Balaban J connectivity index is 1.90. The lowest BCUT2D eigenvalue weighted by Crippen LogP contribution is -2.31. The van der Waals surface area contributed by atoms with Crippen molar-refractivity contribution in [3.05, 3.63) is 120 Å². The Morgan fingerprint density at radius 1 is 0.889 bits per heavy atom. The minimum absolute atomic E-state index is 0.114. The average Bonchev–Trinajstić information content (AvgIpc) is 2.73. The summed E-state index contributed by atoms with van der Waals surface area (Å²) in [5, 5.41) is 1.75. The Bertz CT molecular complexity index is 847. The van der Waals surface area contributed by atoms with Gasteiger partial charge in [0.15, 0.2) is 0 Å². The smallest absolute Gasteiger partial charge is 0.357 e. The minimum atomic E-state index is -0.364. The molecule has 1 unspecified atom stereocenters. The maximum atomic E-state index is 12.7. The number of rotatable bonds is 8. The van der Waals surface area contributed by atoms with E-state index in [1.54, 1.807) is 17.2 Å². The molecule has 3 nitrogen and oxygen atoms in total. The summed E-state index contributed by atoms with van der Waals surface area (Å²) in [6.45, 7) is 4.38. The molecule has 0 saturated carbocycles. The summed E-state index contributed by atoms with van der Waals surface area (Å²) < 4.78 is 0. The first-order valence-corrected chi connectivity index (χ1v) is 9.01. The van der Waals surface area contributed by atoms with Crippen LogP contribution in [0.25, 0.3) is 0 Å². The molecule has 3 aromatic rings. The van der Waals surface area contributed by atoms with Gasteiger partial charge < -0.3 is 4.84 Å². The number of hydrogen-bond donors (Lipinski definition) is 0. The summed E-state index contributed by atoms with van der Waals surface area (Å²) in [4.78, 5) is 18.6. The van der Waals surface area contributed by atoms with Gasteiger partial charge in [-0.25, -0.2) is 4.79 Å². The van der Waals surface area contributed by atoms with E-state index in [-0.39, 0.29) is 12.0 Å². The largest absolute Gasteiger partial charge is 0.363 e. The van der Waals surface area contributed by atoms with Gasteiger partial charge in [0.25, 0.3) is 0 Å². The van der Waals surface area contributed by atoms with E-state index in [1.807, 2.05) is 84.9 Å². The third kappa shape index (κ3) is 5.16. The van der Waals surface area contributed by atoms with Crippen LogP contribution in [0, 0.1) is 0 Å². The maximum Gasteiger partial charge on any atom is 0.357 e. The highest BCUT2D eigenvalue weighted by Crippen LogP contribution is 2.27. The van der Waals surface area contributed by atoms with Crippen LogP contribution < -0.4 is 0 Å². The topological polar surface area (TPSA) is 29.5 Å². The van der Waals surface area contributed by atoms with Crippen LogP contribution in [-0.4, -0.2) is 11.0 Å². The van der Waals surface area contributed by atoms with Crippen molar-refractivity contribution in [2.24, 2.45) is 0 Å². The van der Waals surface area contributed by atoms with Gasteiger partial charge in [0.2, 0.25) is 0 Å². The summed E-state index contributed by atoms with van der Waals surface area (Å²) >= 11 is 0. The molecule has 0 saturated heterocycles. The lowest BCUT2D eigenvalue weighted by Gasteiger charge is -2.30. The molecule has 136 valence electrons. The molecule has 27 heavy (non-hydrogen) atoms. The number of benzene rings is 3. The highest BCUT2D eigenvalue weighted by molar-refractivity contribution is 5.89. The summed E-state index contributed by atoms with van der Waals surface area (Å²) in [6.07, 6.45) is 2.52. The quantitative estimate of drug-likeness (QED) is 0.389. The standard InChI is InChI=1S/C24H23NO2/c1-2-12-23(21-15-8-4-9-16-21)25(19-20-13-6-3-7-14-20)27-24(26)22-17-10-5-11-18-22/h2-11,13-18,23H,1,12,19H2. The Morgan fingerprint density at radius 2 is 1.44 bits per heavy atom. The third-order valence-corrected chi connectivity index (χ3v) is 4.31. The van der Waals surface area contributed by atoms with Crippen molar-refractivity contribution in [1.82, 2.24) is 5.06 Å². The fraction of sp³-hybridized carbons (Fsp3) is 0.125. The Morgan fingerprint density at radius 3 is 2.04 bits per heavy atom. The minimum Gasteiger partial charge on any atom is -0.363 e. The van der Waals surface area contributed by atoms with Gasteiger partial charge in [-0.05, 0) is 29.7 Å². The molecular formula is C24H23NO2. The molecule has 1 atom stereocenters. The van der Waals surface area contributed by atoms with E-state index < -0.39 is 0 Å². The summed E-state index contributed by atoms with van der Waals surface area (Å²) in [7, 11) is 0. The van der Waals surface area contributed by atoms with Crippen LogP contribution in [0.5, 0.6) is 0 Å². The monoisotopic (exact) mass is 357 g/mol. The molecular weight excluding hydrogens is 334 g/mol. The molecule has 0 aliphatic rings. The molecule has 0 amide bonds. The van der Waals surface area contributed by atoms with E-state index in [0.29, 0.717) is 18.5 Å². The van der Waals surface area contributed by atoms with E-state index in [1.165, 1.54) is 0 Å². The highest BCUT2D eigenvalue weighted by Gasteiger charge is 2.24. The predicted octanol–water partition coefficient (Wildman–Crippen LogP) is 5.58. The van der Waals surface area contributed by atoms with Crippen LogP contribution in [0.1, 0.15) is 33.9 Å². The second-order valence-corrected chi connectivity index (χ2v) is 6.26. The van der Waals surface area contributed by atoms with Crippen LogP contribution >= 0.6 is 0 Å². The van der Waals surface area contributed by atoms with Gasteiger partial charge in [0.1, 0.15) is 0 Å². The number of carbonyl (C=O) groups excluding carboxylic acids is 1. The molecule has 0 aliphatic heterocycles. The van der Waals surface area contributed by atoms with Gasteiger partial charge >= 0.3 is 5.97 Å². The zero-order valence-electron chi connectivity index (χ0n) is 15.2. The molecule has 0 heterocycles. The van der Waals surface area contributed by atoms with Gasteiger partial charge in [-0.2, -0.15) is 0 Å². The molecule has 0 spiro atoms. The van der Waals surface area contributed by atoms with Crippen molar-refractivity contribution in [2.45, 2.75) is 19.0 Å². The molecule has 0 aromatic heterocycles. The fourth-order valence-electron chi connectivity index (χ4n) is 2.96. The van der Waals surface area contributed by atoms with Gasteiger partial charge in [0.05, 0.1) is 18.2 Å². The SMILES string of the molecule is C=CCC(c1ccccc1)N(Cc1ccccc1)OC(=O)c1ccccc1. The fourth-order valence-corrected chi connectivity index (χ4v) is 2.96. The molecule has 0 N–H and O–H groups in total. The van der Waals surface area contributed by atoms with Crippen LogP contribution in [0.4, 0.5) is 0 Å². The maximum absolute atomic E-state index is 12.7. The summed E-state index contributed by atoms with van der Waals surface area (Å²) in [5.74, 6) is -0.364. The number of nitrogens with zero attached hydrogens (tertiary/aromatic N) is 1. The van der Waals surface area contributed by atoms with Gasteiger partial charge in [0, 0.05) is 0 Å². The zero-order valence-corrected chi connectivity index (χ0v) is 15.2. The Hall–Kier alpha value is -3.17. The second-order valence-electron chi connectivity index (χ2n) is 6.26. The van der Waals surface area contributed by atoms with Crippen LogP contribution in [0.15, 0.2) is 104 Å². The molecule has 3 rings (SSSR count). The van der Waals surface area contributed by atoms with Crippen molar-refractivity contribution in [2.75, 3.05) is 0 Å². The lowest BCUT2D eigenvalue weighted by molar-refractivity contribution is -0.146. The van der Waals surface area contributed by atoms with Crippen molar-refractivity contribution in [1.29, 1.82) is 0 Å². The first kappa shape index (κ1) is 18.6. The van der Waals surface area contributed by atoms with E-state index in [9.17, 15) is 4.79 Å². The van der Waals surface area contributed by atoms with E-state index in [2.05, 4.69) is 6.58 Å². The lowest BCUT2D eigenvalue weighted by atomic mass is 10.0. The summed E-state index contributed by atoms with van der Waals surface area (Å²) in [5.41, 5.74) is 2.68. The number of hydrogen-bond acceptors (Lipinski definition) is 3. The van der Waals surface area contributed by atoms with Crippen molar-refractivity contribution in [3.8, 4) is 0 Å². The van der Waals surface area contributed by atoms with E-state index in [0.717, 1.165) is 11.1 Å². The molecule has 3 aromatic carbocycles. The first-order chi connectivity index (χ1) is 13.3. The number of hydroxylamine groups is 2. The summed E-state index contributed by atoms with van der Waals surface area (Å²) in [6, 6.07) is 29.0. The molecule has 0 bridgehead atoms. The molecule has 0 fully saturated rings. The van der Waals surface area contributed by atoms with Crippen LogP contribution in [-0.2, 0) is 11.4 Å². The zero-order chi connectivity index (χ0) is 18.9. The Labute approximate surface area is 160 Å². The van der Waals surface area contributed by atoms with Crippen molar-refractivity contribution >= 4 is 5.97 Å². The van der Waals surface area contributed by atoms with E-state index >= 15 is 0 Å². The van der Waals surface area contributed by atoms with Gasteiger partial charge in [-0.15, -0.1) is 11.6 Å². The highest BCUT2D eigenvalue weighted by atomic mass is 16.7. The van der Waals surface area contributed by atoms with E-state index in [4.69, 9.17) is 4.84 Å². The predicted molar refractivity (Wildman–Crippen MR) is 108 cm³/mol. The number of carbonyl (C=O) groups is 1. The normalized spacial score (nSPS) is 11.7. The second kappa shape index (κ2) is 9.51.